The van der Waals surface area contributed by atoms with Gasteiger partial charge in [0.05, 0.1) is 18.2 Å². The number of halogens is 1. The van der Waals surface area contributed by atoms with Gasteiger partial charge in [0, 0.05) is 24.8 Å². The molecular weight excluding hydrogens is 575 g/mol. The van der Waals surface area contributed by atoms with Crippen molar-refractivity contribution in [3.05, 3.63) is 140 Å². The van der Waals surface area contributed by atoms with Gasteiger partial charge in [-0.3, -0.25) is 23.8 Å². The zero-order valence-corrected chi connectivity index (χ0v) is 25.4. The molecule has 1 fully saturated rings. The summed E-state index contributed by atoms with van der Waals surface area (Å²) >= 11 is 6.22. The molecule has 1 aliphatic rings. The standard InChI is InChI=1S/C31H34ClN4O5P/c1-23-19-36(30(38)33-29(23)37)28-21-35(20-27(41-28)22-40-42(32,39)34(2)3)31(24-13-7-4-8-14-24,25-15-9-5-10-16-25)26-17-11-6-12-18-26/h4-19,27-28H,20-22H2,1-3H3,(H,33,37,38)/t27-,28+,42?/m0/s1. The molecule has 1 aliphatic heterocycles. The predicted molar refractivity (Wildman–Crippen MR) is 164 cm³/mol. The normalized spacial score (nSPS) is 19.5. The quantitative estimate of drug-likeness (QED) is 0.212. The van der Waals surface area contributed by atoms with Crippen molar-refractivity contribution in [2.75, 3.05) is 33.8 Å². The van der Waals surface area contributed by atoms with Crippen molar-refractivity contribution in [1.29, 1.82) is 0 Å². The molecular formula is C31H34ClN4O5P. The lowest BCUT2D eigenvalue weighted by molar-refractivity contribution is -0.148. The molecule has 1 N–H and O–H groups in total. The second kappa shape index (κ2) is 12.5. The average Bonchev–Trinajstić information content (AvgIpc) is 3.00. The number of aromatic amines is 1. The van der Waals surface area contributed by atoms with Crippen molar-refractivity contribution < 1.29 is 13.8 Å². The lowest BCUT2D eigenvalue weighted by atomic mass is 9.75. The first-order valence-corrected chi connectivity index (χ1v) is 16.1. The molecule has 3 aromatic carbocycles. The molecule has 0 amide bonds. The number of aromatic nitrogens is 2. The number of aryl methyl sites for hydroxylation is 1. The minimum absolute atomic E-state index is 0.0858. The van der Waals surface area contributed by atoms with Crippen LogP contribution in [0.15, 0.2) is 107 Å². The first-order valence-electron chi connectivity index (χ1n) is 13.6. The highest BCUT2D eigenvalue weighted by Gasteiger charge is 2.46. The molecule has 9 nitrogen and oxygen atoms in total. The van der Waals surface area contributed by atoms with Gasteiger partial charge in [0.2, 0.25) is 0 Å². The molecule has 3 atom stereocenters. The van der Waals surface area contributed by atoms with Crippen molar-refractivity contribution in [1.82, 2.24) is 19.1 Å². The molecule has 1 unspecified atom stereocenters. The van der Waals surface area contributed by atoms with E-state index in [0.29, 0.717) is 12.1 Å². The number of hydrogen-bond acceptors (Lipinski definition) is 6. The maximum atomic E-state index is 13.1. The molecule has 0 radical (unpaired) electrons. The topological polar surface area (TPSA) is 96.9 Å². The largest absolute Gasteiger partial charge is 0.362 e. The zero-order chi connectivity index (χ0) is 29.9. The molecule has 220 valence electrons. The summed E-state index contributed by atoms with van der Waals surface area (Å²) < 4.78 is 27.8. The van der Waals surface area contributed by atoms with Crippen molar-refractivity contribution in [2.45, 2.75) is 24.8 Å². The molecule has 11 heteroatoms. The van der Waals surface area contributed by atoms with Crippen LogP contribution in [0.2, 0.25) is 0 Å². The summed E-state index contributed by atoms with van der Waals surface area (Å²) in [7, 11) is 3.16. The number of morpholine rings is 1. The molecule has 5 rings (SSSR count). The maximum absolute atomic E-state index is 13.1. The van der Waals surface area contributed by atoms with Crippen LogP contribution in [0.1, 0.15) is 28.5 Å². The van der Waals surface area contributed by atoms with E-state index in [2.05, 4.69) is 46.3 Å². The molecule has 0 aliphatic carbocycles. The Balaban J connectivity index is 1.70. The summed E-state index contributed by atoms with van der Waals surface area (Å²) in [5, 5.41) is 0. The third-order valence-electron chi connectivity index (χ3n) is 7.55. The Kier molecular flexibility index (Phi) is 8.99. The Morgan fingerprint density at radius 3 is 1.90 bits per heavy atom. The Morgan fingerprint density at radius 1 is 0.929 bits per heavy atom. The molecule has 0 bridgehead atoms. The van der Waals surface area contributed by atoms with Crippen LogP contribution in [0.4, 0.5) is 0 Å². The highest BCUT2D eigenvalue weighted by molar-refractivity contribution is 7.83. The van der Waals surface area contributed by atoms with Crippen molar-refractivity contribution >= 4 is 18.1 Å². The van der Waals surface area contributed by atoms with E-state index < -0.39 is 36.0 Å². The number of H-pyrrole nitrogens is 1. The minimum atomic E-state index is -3.59. The molecule has 2 heterocycles. The molecule has 4 aromatic rings. The van der Waals surface area contributed by atoms with Crippen LogP contribution in [0.25, 0.3) is 0 Å². The molecule has 1 aromatic heterocycles. The van der Waals surface area contributed by atoms with Gasteiger partial charge in [0.1, 0.15) is 0 Å². The Labute approximate surface area is 249 Å². The van der Waals surface area contributed by atoms with Crippen LogP contribution in [-0.4, -0.2) is 59.0 Å². The van der Waals surface area contributed by atoms with Crippen molar-refractivity contribution in [2.24, 2.45) is 0 Å². The average molecular weight is 609 g/mol. The zero-order valence-electron chi connectivity index (χ0n) is 23.7. The SMILES string of the molecule is Cc1cn([C@H]2CN(C(c3ccccc3)(c3ccccc3)c3ccccc3)C[C@@H](COP(=O)(Cl)N(C)C)O2)c(=O)[nH]c1=O. The Hall–Kier alpha value is -3.30. The van der Waals surface area contributed by atoms with Gasteiger partial charge in [-0.25, -0.2) is 9.46 Å². The van der Waals surface area contributed by atoms with Crippen LogP contribution < -0.4 is 11.2 Å². The molecule has 1 saturated heterocycles. The molecule has 0 spiro atoms. The number of benzene rings is 3. The van der Waals surface area contributed by atoms with Gasteiger partial charge in [-0.2, -0.15) is 0 Å². The summed E-state index contributed by atoms with van der Waals surface area (Å²) in [6.45, 7) is -1.40. The monoisotopic (exact) mass is 608 g/mol. The highest BCUT2D eigenvalue weighted by Crippen LogP contribution is 2.54. The third kappa shape index (κ3) is 5.95. The first kappa shape index (κ1) is 30.2. The van der Waals surface area contributed by atoms with Crippen LogP contribution in [0.3, 0.4) is 0 Å². The number of ether oxygens (including phenoxy) is 1. The molecule has 42 heavy (non-hydrogen) atoms. The molecule has 0 saturated carbocycles. The van der Waals surface area contributed by atoms with E-state index in [9.17, 15) is 14.2 Å². The van der Waals surface area contributed by atoms with Crippen LogP contribution in [-0.2, 0) is 19.4 Å². The lowest BCUT2D eigenvalue weighted by Gasteiger charge is -2.50. The second-order valence-corrected chi connectivity index (χ2v) is 13.7. The van der Waals surface area contributed by atoms with Gasteiger partial charge in [0.25, 0.3) is 5.56 Å². The van der Waals surface area contributed by atoms with E-state index in [0.717, 1.165) is 16.7 Å². The van der Waals surface area contributed by atoms with E-state index in [1.165, 1.54) is 15.4 Å². The number of rotatable bonds is 9. The van der Waals surface area contributed by atoms with Gasteiger partial charge < -0.3 is 9.26 Å². The fourth-order valence-corrected chi connectivity index (χ4v) is 6.26. The number of nitrogens with zero attached hydrogens (tertiary/aromatic N) is 3. The van der Waals surface area contributed by atoms with Crippen molar-refractivity contribution in [3.8, 4) is 0 Å². The Bertz CT molecular complexity index is 1570. The fourth-order valence-electron chi connectivity index (χ4n) is 5.51. The van der Waals surface area contributed by atoms with E-state index in [1.54, 1.807) is 21.0 Å². The lowest BCUT2D eigenvalue weighted by Crippen LogP contribution is -2.58. The van der Waals surface area contributed by atoms with E-state index in [1.807, 2.05) is 54.6 Å². The van der Waals surface area contributed by atoms with Gasteiger partial charge in [-0.1, -0.05) is 91.0 Å². The van der Waals surface area contributed by atoms with Gasteiger partial charge >= 0.3 is 12.6 Å². The van der Waals surface area contributed by atoms with Crippen LogP contribution in [0.5, 0.6) is 0 Å². The smallest absolute Gasteiger partial charge is 0.350 e. The highest BCUT2D eigenvalue weighted by atomic mass is 35.7. The van der Waals surface area contributed by atoms with E-state index >= 15 is 0 Å². The summed E-state index contributed by atoms with van der Waals surface area (Å²) in [6, 6.07) is 30.5. The van der Waals surface area contributed by atoms with Crippen LogP contribution >= 0.6 is 18.1 Å². The van der Waals surface area contributed by atoms with Crippen LogP contribution in [0, 0.1) is 6.92 Å². The number of hydrogen-bond donors (Lipinski definition) is 1. The first-order chi connectivity index (χ1) is 20.1. The number of nitrogens with one attached hydrogen (secondary N) is 1. The summed E-state index contributed by atoms with van der Waals surface area (Å²) in [4.78, 5) is 29.9. The summed E-state index contributed by atoms with van der Waals surface area (Å²) in [5.41, 5.74) is 1.58. The second-order valence-electron chi connectivity index (χ2n) is 10.5. The summed E-state index contributed by atoms with van der Waals surface area (Å²) in [6.07, 6.45) is 0.0692. The predicted octanol–water partition coefficient (Wildman–Crippen LogP) is 4.96. The van der Waals surface area contributed by atoms with Gasteiger partial charge in [-0.05, 0) is 49.0 Å². The fraction of sp³-hybridized carbons (Fsp3) is 0.290. The van der Waals surface area contributed by atoms with Gasteiger partial charge in [0.15, 0.2) is 6.23 Å². The third-order valence-corrected chi connectivity index (χ3v) is 10.2. The van der Waals surface area contributed by atoms with Gasteiger partial charge in [-0.15, -0.1) is 0 Å². The summed E-state index contributed by atoms with van der Waals surface area (Å²) in [5.74, 6) is 0. The van der Waals surface area contributed by atoms with E-state index in [4.69, 9.17) is 20.5 Å². The van der Waals surface area contributed by atoms with E-state index in [-0.39, 0.29) is 13.2 Å². The van der Waals surface area contributed by atoms with Crippen molar-refractivity contribution in [3.63, 3.8) is 0 Å². The maximum Gasteiger partial charge on any atom is 0.362 e. The minimum Gasteiger partial charge on any atom is -0.350 e. The Morgan fingerprint density at radius 2 is 1.43 bits per heavy atom.